The van der Waals surface area contributed by atoms with Gasteiger partial charge in [0.15, 0.2) is 9.84 Å². The minimum atomic E-state index is -4.68. The molecule has 12 heteroatoms. The van der Waals surface area contributed by atoms with Crippen molar-refractivity contribution in [1.29, 1.82) is 0 Å². The molecule has 0 aliphatic heterocycles. The predicted octanol–water partition coefficient (Wildman–Crippen LogP) is 4.65. The Kier molecular flexibility index (Phi) is 8.47. The summed E-state index contributed by atoms with van der Waals surface area (Å²) in [4.78, 5) is 16.7. The molecule has 2 unspecified atom stereocenters. The average molecular weight is 554 g/mol. The summed E-state index contributed by atoms with van der Waals surface area (Å²) in [5.74, 6) is -1.93. The standard InChI is InChI=1S/C26H27F4N3O4S/c1-14-6-5-7-19(23(14)37-3)22-17(9-11-21(33-22)26(28,29)30)13-32-25(34)15(2)16-8-10-18(20(27)12-16)24(31)38(4,35)36/h5-12,15,24H,13,31H2,1-4H3,(H,32,34). The monoisotopic (exact) mass is 553 g/mol. The van der Waals surface area contributed by atoms with E-state index in [9.17, 15) is 30.8 Å². The molecule has 3 rings (SSSR count). The van der Waals surface area contributed by atoms with Crippen molar-refractivity contribution in [1.82, 2.24) is 10.3 Å². The Hall–Kier alpha value is -3.51. The first kappa shape index (κ1) is 29.1. The zero-order valence-corrected chi connectivity index (χ0v) is 21.9. The number of methoxy groups -OCH3 is 1. The highest BCUT2D eigenvalue weighted by Gasteiger charge is 2.33. The summed E-state index contributed by atoms with van der Waals surface area (Å²) in [5, 5.41) is 1.10. The fourth-order valence-electron chi connectivity index (χ4n) is 3.89. The maximum Gasteiger partial charge on any atom is 0.433 e. The largest absolute Gasteiger partial charge is 0.496 e. The number of nitrogens with zero attached hydrogens (tertiary/aromatic N) is 1. The number of halogens is 4. The van der Waals surface area contributed by atoms with Crippen LogP contribution in [0.2, 0.25) is 0 Å². The number of carbonyl (C=O) groups is 1. The van der Waals surface area contributed by atoms with Crippen LogP contribution in [0.25, 0.3) is 11.3 Å². The summed E-state index contributed by atoms with van der Waals surface area (Å²) in [7, 11) is -2.34. The number of hydrogen-bond donors (Lipinski definition) is 2. The third-order valence-electron chi connectivity index (χ3n) is 6.08. The molecule has 1 aromatic heterocycles. The van der Waals surface area contributed by atoms with E-state index in [1.807, 2.05) is 0 Å². The topological polar surface area (TPSA) is 111 Å². The van der Waals surface area contributed by atoms with Gasteiger partial charge in [0.05, 0.1) is 18.7 Å². The summed E-state index contributed by atoms with van der Waals surface area (Å²) in [6, 6.07) is 10.7. The van der Waals surface area contributed by atoms with Gasteiger partial charge in [-0.25, -0.2) is 17.8 Å². The van der Waals surface area contributed by atoms with Crippen molar-refractivity contribution in [3.63, 3.8) is 0 Å². The van der Waals surface area contributed by atoms with Crippen molar-refractivity contribution in [2.24, 2.45) is 5.73 Å². The van der Waals surface area contributed by atoms with Crippen molar-refractivity contribution >= 4 is 15.7 Å². The van der Waals surface area contributed by atoms with Crippen LogP contribution < -0.4 is 15.8 Å². The minimum Gasteiger partial charge on any atom is -0.496 e. The molecule has 1 amide bonds. The number of sulfone groups is 1. The number of carbonyl (C=O) groups excluding carboxylic acids is 1. The third kappa shape index (κ3) is 6.30. The van der Waals surface area contributed by atoms with E-state index >= 15 is 0 Å². The summed E-state index contributed by atoms with van der Waals surface area (Å²) in [6.07, 6.45) is -3.80. The zero-order valence-electron chi connectivity index (χ0n) is 21.1. The molecule has 7 nitrogen and oxygen atoms in total. The Bertz CT molecular complexity index is 1460. The first-order valence-electron chi connectivity index (χ1n) is 11.4. The molecule has 0 radical (unpaired) electrons. The lowest BCUT2D eigenvalue weighted by Gasteiger charge is -2.18. The first-order valence-corrected chi connectivity index (χ1v) is 13.3. The summed E-state index contributed by atoms with van der Waals surface area (Å²) in [5.41, 5.74) is 5.87. The molecule has 3 aromatic rings. The van der Waals surface area contributed by atoms with E-state index in [2.05, 4.69) is 10.3 Å². The molecule has 2 atom stereocenters. The number of rotatable bonds is 8. The van der Waals surface area contributed by atoms with Crippen LogP contribution in [0.1, 0.15) is 46.2 Å². The van der Waals surface area contributed by atoms with Gasteiger partial charge in [0.25, 0.3) is 0 Å². The van der Waals surface area contributed by atoms with Gasteiger partial charge in [-0.2, -0.15) is 13.2 Å². The number of para-hydroxylation sites is 1. The van der Waals surface area contributed by atoms with Crippen LogP contribution in [0.3, 0.4) is 0 Å². The molecule has 38 heavy (non-hydrogen) atoms. The van der Waals surface area contributed by atoms with E-state index in [0.717, 1.165) is 18.4 Å². The molecular formula is C26H27F4N3O4S. The Balaban J connectivity index is 1.89. The van der Waals surface area contributed by atoms with E-state index in [1.54, 1.807) is 25.1 Å². The van der Waals surface area contributed by atoms with E-state index in [0.29, 0.717) is 22.4 Å². The number of alkyl halides is 3. The van der Waals surface area contributed by atoms with Gasteiger partial charge in [0.2, 0.25) is 5.91 Å². The van der Waals surface area contributed by atoms with E-state index in [-0.39, 0.29) is 23.4 Å². The van der Waals surface area contributed by atoms with E-state index < -0.39 is 44.7 Å². The summed E-state index contributed by atoms with van der Waals surface area (Å²) >= 11 is 0. The maximum absolute atomic E-state index is 14.6. The lowest BCUT2D eigenvalue weighted by Crippen LogP contribution is -2.28. The van der Waals surface area contributed by atoms with Crippen molar-refractivity contribution in [3.05, 3.63) is 82.3 Å². The lowest BCUT2D eigenvalue weighted by molar-refractivity contribution is -0.141. The van der Waals surface area contributed by atoms with Gasteiger partial charge in [-0.1, -0.05) is 30.3 Å². The highest BCUT2D eigenvalue weighted by Crippen LogP contribution is 2.36. The van der Waals surface area contributed by atoms with Crippen molar-refractivity contribution < 1.29 is 35.5 Å². The first-order chi connectivity index (χ1) is 17.6. The average Bonchev–Trinajstić information content (AvgIpc) is 2.85. The van der Waals surface area contributed by atoms with Crippen LogP contribution in [0.5, 0.6) is 5.75 Å². The normalized spacial score (nSPS) is 13.6. The SMILES string of the molecule is COc1c(C)cccc1-c1nc(C(F)(F)F)ccc1CNC(=O)C(C)c1ccc(C(N)S(C)(=O)=O)c(F)c1. The van der Waals surface area contributed by atoms with Gasteiger partial charge in [0.1, 0.15) is 22.6 Å². The number of pyridine rings is 1. The molecule has 2 aromatic carbocycles. The van der Waals surface area contributed by atoms with Gasteiger partial charge in [-0.3, -0.25) is 4.79 Å². The number of aromatic nitrogens is 1. The molecule has 0 aliphatic rings. The fraction of sp³-hybridized carbons (Fsp3) is 0.308. The van der Waals surface area contributed by atoms with Crippen molar-refractivity contribution in [2.45, 2.75) is 37.9 Å². The van der Waals surface area contributed by atoms with Gasteiger partial charge in [0, 0.05) is 23.9 Å². The van der Waals surface area contributed by atoms with Crippen LogP contribution in [0.4, 0.5) is 17.6 Å². The Labute approximate surface area is 218 Å². The number of aryl methyl sites for hydroxylation is 1. The summed E-state index contributed by atoms with van der Waals surface area (Å²) in [6.45, 7) is 3.09. The molecular weight excluding hydrogens is 526 g/mol. The number of amides is 1. The third-order valence-corrected chi connectivity index (χ3v) is 7.26. The highest BCUT2D eigenvalue weighted by atomic mass is 32.2. The molecule has 204 valence electrons. The number of benzene rings is 2. The zero-order chi connectivity index (χ0) is 28.4. The van der Waals surface area contributed by atoms with Crippen molar-refractivity contribution in [3.8, 4) is 17.0 Å². The summed E-state index contributed by atoms with van der Waals surface area (Å²) < 4.78 is 83.6. The Morgan fingerprint density at radius 2 is 1.84 bits per heavy atom. The fourth-order valence-corrected chi connectivity index (χ4v) is 4.54. The second-order valence-corrected chi connectivity index (χ2v) is 11.0. The number of nitrogens with one attached hydrogen (secondary N) is 1. The second kappa shape index (κ2) is 11.1. The molecule has 3 N–H and O–H groups in total. The number of ether oxygens (including phenoxy) is 1. The van der Waals surface area contributed by atoms with E-state index in [1.165, 1.54) is 32.2 Å². The van der Waals surface area contributed by atoms with E-state index in [4.69, 9.17) is 10.5 Å². The quantitative estimate of drug-likeness (QED) is 0.393. The minimum absolute atomic E-state index is 0.00140. The van der Waals surface area contributed by atoms with Crippen LogP contribution >= 0.6 is 0 Å². The highest BCUT2D eigenvalue weighted by molar-refractivity contribution is 7.90. The van der Waals surface area contributed by atoms with Crippen LogP contribution in [0.15, 0.2) is 48.5 Å². The smallest absolute Gasteiger partial charge is 0.433 e. The number of hydrogen-bond acceptors (Lipinski definition) is 6. The van der Waals surface area contributed by atoms with Gasteiger partial charge < -0.3 is 15.8 Å². The molecule has 0 aliphatic carbocycles. The molecule has 0 fully saturated rings. The predicted molar refractivity (Wildman–Crippen MR) is 134 cm³/mol. The Morgan fingerprint density at radius 1 is 1.16 bits per heavy atom. The van der Waals surface area contributed by atoms with Crippen LogP contribution in [0, 0.1) is 12.7 Å². The van der Waals surface area contributed by atoms with Gasteiger partial charge in [-0.05, 0) is 48.7 Å². The molecule has 0 saturated carbocycles. The maximum atomic E-state index is 14.6. The lowest BCUT2D eigenvalue weighted by atomic mass is 9.98. The second-order valence-electron chi connectivity index (χ2n) is 8.83. The van der Waals surface area contributed by atoms with Gasteiger partial charge in [-0.15, -0.1) is 0 Å². The van der Waals surface area contributed by atoms with Crippen LogP contribution in [-0.4, -0.2) is 32.7 Å². The van der Waals surface area contributed by atoms with Crippen LogP contribution in [-0.2, 0) is 27.4 Å². The van der Waals surface area contributed by atoms with Gasteiger partial charge >= 0.3 is 6.18 Å². The van der Waals surface area contributed by atoms with Crippen molar-refractivity contribution in [2.75, 3.05) is 13.4 Å². The molecule has 0 saturated heterocycles. The Morgan fingerprint density at radius 3 is 2.42 bits per heavy atom. The molecule has 0 spiro atoms. The molecule has 0 bridgehead atoms. The number of nitrogens with two attached hydrogens (primary N) is 1. The molecule has 1 heterocycles.